The van der Waals surface area contributed by atoms with Crippen LogP contribution in [-0.2, 0) is 6.54 Å². The second-order valence-electron chi connectivity index (χ2n) is 6.90. The van der Waals surface area contributed by atoms with E-state index < -0.39 is 0 Å². The van der Waals surface area contributed by atoms with Crippen molar-refractivity contribution in [3.8, 4) is 0 Å². The molecule has 0 spiro atoms. The summed E-state index contributed by atoms with van der Waals surface area (Å²) in [5, 5.41) is 9.58. The molecule has 1 aliphatic heterocycles. The van der Waals surface area contributed by atoms with E-state index in [1.807, 2.05) is 26.0 Å². The number of hydrogen-bond donors (Lipinski definition) is 1. The van der Waals surface area contributed by atoms with Gasteiger partial charge in [-0.3, -0.25) is 19.0 Å². The zero-order chi connectivity index (χ0) is 17.3. The summed E-state index contributed by atoms with van der Waals surface area (Å²) in [6.07, 6.45) is 1.46. The van der Waals surface area contributed by atoms with Gasteiger partial charge in [-0.2, -0.15) is 0 Å². The lowest BCUT2D eigenvalue weighted by Gasteiger charge is -2.40. The zero-order valence-corrected chi connectivity index (χ0v) is 14.6. The smallest absolute Gasteiger partial charge is 0.258 e. The first kappa shape index (κ1) is 17.1. The molecule has 0 unspecified atom stereocenters. The lowest BCUT2D eigenvalue weighted by molar-refractivity contribution is 0.0418. The fourth-order valence-corrected chi connectivity index (χ4v) is 3.44. The molecular weight excluding hydrogens is 304 g/mol. The van der Waals surface area contributed by atoms with Crippen LogP contribution in [0.25, 0.3) is 5.65 Å². The van der Waals surface area contributed by atoms with Crippen LogP contribution in [-0.4, -0.2) is 62.6 Å². The van der Waals surface area contributed by atoms with Gasteiger partial charge in [-0.15, -0.1) is 0 Å². The van der Waals surface area contributed by atoms with E-state index in [2.05, 4.69) is 21.7 Å². The van der Waals surface area contributed by atoms with Gasteiger partial charge in [-0.1, -0.05) is 6.07 Å². The Morgan fingerprint density at radius 3 is 2.92 bits per heavy atom. The van der Waals surface area contributed by atoms with Crippen molar-refractivity contribution in [2.75, 3.05) is 26.2 Å². The van der Waals surface area contributed by atoms with Crippen LogP contribution in [0.2, 0.25) is 0 Å². The number of aliphatic hydroxyl groups excluding tert-OH is 1. The molecule has 1 fully saturated rings. The summed E-state index contributed by atoms with van der Waals surface area (Å²) in [5.74, 6) is 0. The van der Waals surface area contributed by atoms with Gasteiger partial charge >= 0.3 is 0 Å². The average molecular weight is 330 g/mol. The van der Waals surface area contributed by atoms with Gasteiger partial charge < -0.3 is 5.11 Å². The molecular formula is C18H26N4O2. The van der Waals surface area contributed by atoms with Gasteiger partial charge in [0.25, 0.3) is 5.56 Å². The van der Waals surface area contributed by atoms with E-state index >= 15 is 0 Å². The third-order valence-electron chi connectivity index (χ3n) is 4.67. The second-order valence-corrected chi connectivity index (χ2v) is 6.90. The number of piperazine rings is 1. The second kappa shape index (κ2) is 7.01. The number of nitrogens with zero attached hydrogens (tertiary/aromatic N) is 4. The fraction of sp³-hybridized carbons (Fsp3) is 0.556. The molecule has 1 N–H and O–H groups in total. The normalized spacial score (nSPS) is 21.2. The number of β-amino-alcohol motifs (C(OH)–C–C–N with tert-alkyl or cyclic N) is 1. The lowest BCUT2D eigenvalue weighted by atomic mass is 10.1. The van der Waals surface area contributed by atoms with Crippen molar-refractivity contribution < 1.29 is 5.11 Å². The molecule has 1 aliphatic rings. The van der Waals surface area contributed by atoms with Gasteiger partial charge in [-0.25, -0.2) is 4.98 Å². The van der Waals surface area contributed by atoms with E-state index in [0.29, 0.717) is 19.1 Å². The number of rotatable bonds is 4. The van der Waals surface area contributed by atoms with Gasteiger partial charge in [0.2, 0.25) is 0 Å². The SMILES string of the molecule is Cc1cccn2c(=O)cc(CN3CCN(C[C@H](C)O)[C@H](C)C3)nc12. The predicted molar refractivity (Wildman–Crippen MR) is 94.2 cm³/mol. The first-order valence-electron chi connectivity index (χ1n) is 8.56. The minimum Gasteiger partial charge on any atom is -0.392 e. The van der Waals surface area contributed by atoms with Gasteiger partial charge in [0.1, 0.15) is 5.65 Å². The van der Waals surface area contributed by atoms with Crippen LogP contribution in [0.5, 0.6) is 0 Å². The summed E-state index contributed by atoms with van der Waals surface area (Å²) in [6, 6.07) is 5.87. The van der Waals surface area contributed by atoms with Crippen molar-refractivity contribution in [1.82, 2.24) is 19.2 Å². The maximum absolute atomic E-state index is 12.3. The maximum atomic E-state index is 12.3. The van der Waals surface area contributed by atoms with Gasteiger partial charge in [0, 0.05) is 51.0 Å². The third-order valence-corrected chi connectivity index (χ3v) is 4.67. The molecule has 0 saturated carbocycles. The van der Waals surface area contributed by atoms with Crippen LogP contribution in [0, 0.1) is 6.92 Å². The number of aliphatic hydroxyl groups is 1. The largest absolute Gasteiger partial charge is 0.392 e. The molecule has 3 heterocycles. The Balaban J connectivity index is 1.74. The number of hydrogen-bond acceptors (Lipinski definition) is 5. The van der Waals surface area contributed by atoms with Crippen molar-refractivity contribution in [1.29, 1.82) is 0 Å². The average Bonchev–Trinajstić information content (AvgIpc) is 2.51. The first-order chi connectivity index (χ1) is 11.4. The van der Waals surface area contributed by atoms with Gasteiger partial charge in [0.15, 0.2) is 0 Å². The number of aryl methyl sites for hydroxylation is 1. The van der Waals surface area contributed by atoms with Crippen LogP contribution in [0.1, 0.15) is 25.1 Å². The van der Waals surface area contributed by atoms with Crippen molar-refractivity contribution in [3.05, 3.63) is 46.0 Å². The van der Waals surface area contributed by atoms with Crippen molar-refractivity contribution >= 4 is 5.65 Å². The highest BCUT2D eigenvalue weighted by Crippen LogP contribution is 2.13. The minimum atomic E-state index is -0.302. The zero-order valence-electron chi connectivity index (χ0n) is 14.6. The summed E-state index contributed by atoms with van der Waals surface area (Å²) < 4.78 is 1.60. The standard InChI is InChI=1S/C18H26N4O2/c1-13-5-4-6-22-17(24)9-16(19-18(13)22)12-20-7-8-21(11-15(3)23)14(2)10-20/h4-6,9,14-15,23H,7-8,10-12H2,1-3H3/t14-,15+/m1/s1. The van der Waals surface area contributed by atoms with Crippen LogP contribution in [0.4, 0.5) is 0 Å². The number of fused-ring (bicyclic) bond motifs is 1. The van der Waals surface area contributed by atoms with Crippen LogP contribution in [0.15, 0.2) is 29.2 Å². The molecule has 2 atom stereocenters. The fourth-order valence-electron chi connectivity index (χ4n) is 3.44. The van der Waals surface area contributed by atoms with Gasteiger partial charge in [0.05, 0.1) is 11.8 Å². The monoisotopic (exact) mass is 330 g/mol. The molecule has 130 valence electrons. The third kappa shape index (κ3) is 3.66. The quantitative estimate of drug-likeness (QED) is 0.902. The summed E-state index contributed by atoms with van der Waals surface area (Å²) in [7, 11) is 0. The molecule has 3 rings (SSSR count). The van der Waals surface area contributed by atoms with Crippen molar-refractivity contribution in [2.24, 2.45) is 0 Å². The number of aromatic nitrogens is 2. The summed E-state index contributed by atoms with van der Waals surface area (Å²) >= 11 is 0. The maximum Gasteiger partial charge on any atom is 0.258 e. The molecule has 1 saturated heterocycles. The molecule has 6 nitrogen and oxygen atoms in total. The number of pyridine rings is 1. The highest BCUT2D eigenvalue weighted by atomic mass is 16.3. The van der Waals surface area contributed by atoms with E-state index in [4.69, 9.17) is 0 Å². The van der Waals surface area contributed by atoms with Crippen molar-refractivity contribution in [2.45, 2.75) is 39.5 Å². The topological polar surface area (TPSA) is 61.1 Å². The van der Waals surface area contributed by atoms with E-state index in [0.717, 1.165) is 36.5 Å². The summed E-state index contributed by atoms with van der Waals surface area (Å²) in [6.45, 7) is 10.2. The Morgan fingerprint density at radius 2 is 2.21 bits per heavy atom. The Labute approximate surface area is 142 Å². The van der Waals surface area contributed by atoms with Gasteiger partial charge in [-0.05, 0) is 32.4 Å². The Hall–Kier alpha value is -1.76. The molecule has 0 aliphatic carbocycles. The minimum absolute atomic E-state index is 0.0283. The molecule has 0 radical (unpaired) electrons. The van der Waals surface area contributed by atoms with Crippen LogP contribution in [0.3, 0.4) is 0 Å². The molecule has 24 heavy (non-hydrogen) atoms. The van der Waals surface area contributed by atoms with Crippen LogP contribution >= 0.6 is 0 Å². The summed E-state index contributed by atoms with van der Waals surface area (Å²) in [5.41, 5.74) is 2.54. The Kier molecular flexibility index (Phi) is 4.99. The first-order valence-corrected chi connectivity index (χ1v) is 8.56. The van der Waals surface area contributed by atoms with Crippen LogP contribution < -0.4 is 5.56 Å². The predicted octanol–water partition coefficient (Wildman–Crippen LogP) is 0.890. The molecule has 2 aromatic heterocycles. The molecule has 0 bridgehead atoms. The Bertz CT molecular complexity index is 771. The molecule has 6 heteroatoms. The van der Waals surface area contributed by atoms with E-state index in [1.54, 1.807) is 16.7 Å². The van der Waals surface area contributed by atoms with E-state index in [9.17, 15) is 9.90 Å². The van der Waals surface area contributed by atoms with E-state index in [-0.39, 0.29) is 11.7 Å². The molecule has 2 aromatic rings. The Morgan fingerprint density at radius 1 is 1.42 bits per heavy atom. The lowest BCUT2D eigenvalue weighted by Crippen LogP contribution is -2.53. The molecule has 0 aromatic carbocycles. The highest BCUT2D eigenvalue weighted by Gasteiger charge is 2.24. The highest BCUT2D eigenvalue weighted by molar-refractivity contribution is 5.46. The van der Waals surface area contributed by atoms with E-state index in [1.165, 1.54) is 0 Å². The van der Waals surface area contributed by atoms with Crippen molar-refractivity contribution in [3.63, 3.8) is 0 Å². The summed E-state index contributed by atoms with van der Waals surface area (Å²) in [4.78, 5) is 21.6. The molecule has 0 amide bonds.